The van der Waals surface area contributed by atoms with Crippen LogP contribution in [-0.4, -0.2) is 35.0 Å². The Hall–Kier alpha value is -2.77. The quantitative estimate of drug-likeness (QED) is 0.712. The second-order valence-corrected chi connectivity index (χ2v) is 5.62. The summed E-state index contributed by atoms with van der Waals surface area (Å²) in [5, 5.41) is 13.1. The zero-order chi connectivity index (χ0) is 17.5. The second kappa shape index (κ2) is 8.02. The average Bonchev–Trinajstić information content (AvgIpc) is 2.43. The first-order chi connectivity index (χ1) is 10.7. The predicted octanol–water partition coefficient (Wildman–Crippen LogP) is 1.85. The van der Waals surface area contributed by atoms with Crippen LogP contribution in [0.15, 0.2) is 30.3 Å². The molecule has 0 unspecified atom stereocenters. The molecule has 23 heavy (non-hydrogen) atoms. The third kappa shape index (κ3) is 7.70. The molecule has 0 heterocycles. The Balaban J connectivity index is 2.50. The molecule has 1 rings (SSSR count). The number of hydrogen-bond acceptors (Lipinski definition) is 5. The largest absolute Gasteiger partial charge is 0.478 e. The van der Waals surface area contributed by atoms with E-state index in [9.17, 15) is 14.4 Å². The van der Waals surface area contributed by atoms with Crippen LogP contribution in [-0.2, 0) is 20.9 Å². The fraction of sp³-hybridized carbons (Fsp3) is 0.400. The first kappa shape index (κ1) is 18.3. The Bertz CT molecular complexity index is 553. The van der Waals surface area contributed by atoms with Crippen molar-refractivity contribution in [1.82, 2.24) is 10.6 Å². The van der Waals surface area contributed by atoms with Crippen LogP contribution in [0.2, 0.25) is 0 Å². The van der Waals surface area contributed by atoms with Gasteiger partial charge in [0, 0.05) is 0 Å². The summed E-state index contributed by atoms with van der Waals surface area (Å²) < 4.78 is 9.81. The van der Waals surface area contributed by atoms with E-state index in [0.29, 0.717) is 0 Å². The van der Waals surface area contributed by atoms with Crippen molar-refractivity contribution in [3.8, 4) is 0 Å². The summed E-state index contributed by atoms with van der Waals surface area (Å²) in [5.41, 5.74) is -0.0457. The average molecular weight is 324 g/mol. The lowest BCUT2D eigenvalue weighted by Gasteiger charge is -2.22. The number of carboxylic acid groups (broad SMARTS) is 1. The number of carboxylic acids is 1. The fourth-order valence-electron chi connectivity index (χ4n) is 1.47. The highest BCUT2D eigenvalue weighted by atomic mass is 16.6. The van der Waals surface area contributed by atoms with Crippen LogP contribution in [0.5, 0.6) is 0 Å². The molecule has 1 atom stereocenters. The monoisotopic (exact) mass is 324 g/mol. The highest BCUT2D eigenvalue weighted by Gasteiger charge is 2.25. The van der Waals surface area contributed by atoms with Gasteiger partial charge in [0.2, 0.25) is 6.17 Å². The minimum Gasteiger partial charge on any atom is -0.478 e. The Kier molecular flexibility index (Phi) is 6.37. The molecule has 0 saturated heterocycles. The standard InChI is InChI=1S/C15H20N2O6/c1-15(2,3)23-14(21)17-11(12(18)19)16-13(20)22-9-10-7-5-4-6-8-10/h4-8,11H,9H2,1-3H3,(H,16,20)(H,17,21)(H,18,19)/t11-/m1/s1. The van der Waals surface area contributed by atoms with Crippen LogP contribution in [0.25, 0.3) is 0 Å². The third-order valence-corrected chi connectivity index (χ3v) is 2.38. The minimum absolute atomic E-state index is 0.0224. The molecule has 1 aromatic carbocycles. The van der Waals surface area contributed by atoms with Gasteiger partial charge in [0.25, 0.3) is 0 Å². The van der Waals surface area contributed by atoms with E-state index in [4.69, 9.17) is 14.6 Å². The zero-order valence-corrected chi connectivity index (χ0v) is 13.2. The molecule has 0 fully saturated rings. The maximum Gasteiger partial charge on any atom is 0.409 e. The molecule has 0 aliphatic rings. The van der Waals surface area contributed by atoms with Crippen molar-refractivity contribution >= 4 is 18.2 Å². The van der Waals surface area contributed by atoms with Crippen LogP contribution >= 0.6 is 0 Å². The number of aliphatic carboxylic acids is 1. The lowest BCUT2D eigenvalue weighted by molar-refractivity contribution is -0.140. The molecule has 0 bridgehead atoms. The number of carbonyl (C=O) groups is 3. The molecule has 3 N–H and O–H groups in total. The van der Waals surface area contributed by atoms with Gasteiger partial charge in [-0.1, -0.05) is 30.3 Å². The number of hydrogen-bond donors (Lipinski definition) is 3. The predicted molar refractivity (Wildman–Crippen MR) is 80.6 cm³/mol. The maximum atomic E-state index is 11.6. The lowest BCUT2D eigenvalue weighted by atomic mass is 10.2. The van der Waals surface area contributed by atoms with Crippen molar-refractivity contribution in [2.24, 2.45) is 0 Å². The van der Waals surface area contributed by atoms with Gasteiger partial charge < -0.3 is 14.6 Å². The Labute approximate surface area is 133 Å². The number of amides is 2. The number of alkyl carbamates (subject to hydrolysis) is 2. The van der Waals surface area contributed by atoms with E-state index in [2.05, 4.69) is 0 Å². The molecule has 126 valence electrons. The van der Waals surface area contributed by atoms with Crippen molar-refractivity contribution in [3.63, 3.8) is 0 Å². The van der Waals surface area contributed by atoms with Gasteiger partial charge in [-0.2, -0.15) is 0 Å². The van der Waals surface area contributed by atoms with E-state index in [1.165, 1.54) is 0 Å². The molecule has 0 spiro atoms. The van der Waals surface area contributed by atoms with Crippen LogP contribution in [0.3, 0.4) is 0 Å². The summed E-state index contributed by atoms with van der Waals surface area (Å²) in [5.74, 6) is -1.45. The van der Waals surface area contributed by atoms with Gasteiger partial charge in [0.1, 0.15) is 12.2 Å². The number of ether oxygens (including phenoxy) is 2. The van der Waals surface area contributed by atoms with Gasteiger partial charge in [-0.25, -0.2) is 14.4 Å². The minimum atomic E-state index is -1.66. The van der Waals surface area contributed by atoms with Crippen LogP contribution in [0.4, 0.5) is 9.59 Å². The maximum absolute atomic E-state index is 11.6. The van der Waals surface area contributed by atoms with Crippen molar-refractivity contribution in [2.45, 2.75) is 39.1 Å². The van der Waals surface area contributed by atoms with E-state index in [-0.39, 0.29) is 6.61 Å². The number of carbonyl (C=O) groups excluding carboxylic acids is 2. The van der Waals surface area contributed by atoms with Crippen LogP contribution in [0.1, 0.15) is 26.3 Å². The van der Waals surface area contributed by atoms with Gasteiger partial charge in [-0.05, 0) is 26.3 Å². The van der Waals surface area contributed by atoms with E-state index in [1.807, 2.05) is 16.7 Å². The van der Waals surface area contributed by atoms with Crippen molar-refractivity contribution in [1.29, 1.82) is 0 Å². The smallest absolute Gasteiger partial charge is 0.409 e. The molecule has 0 aromatic heterocycles. The van der Waals surface area contributed by atoms with E-state index in [1.54, 1.807) is 45.0 Å². The van der Waals surface area contributed by atoms with Crippen molar-refractivity contribution in [3.05, 3.63) is 35.9 Å². The molecule has 1 aromatic rings. The molecular formula is C15H20N2O6. The molecule has 0 saturated carbocycles. The van der Waals surface area contributed by atoms with Crippen molar-refractivity contribution in [2.75, 3.05) is 0 Å². The Morgan fingerprint density at radius 1 is 1.09 bits per heavy atom. The first-order valence-corrected chi connectivity index (χ1v) is 6.87. The molecule has 8 nitrogen and oxygen atoms in total. The molecule has 2 amide bonds. The van der Waals surface area contributed by atoms with Crippen LogP contribution in [0, 0.1) is 0 Å². The van der Waals surface area contributed by atoms with Crippen LogP contribution < -0.4 is 10.6 Å². The fourth-order valence-corrected chi connectivity index (χ4v) is 1.47. The van der Waals surface area contributed by atoms with Gasteiger partial charge >= 0.3 is 18.2 Å². The summed E-state index contributed by atoms with van der Waals surface area (Å²) in [6.45, 7) is 4.86. The molecule has 0 aliphatic carbocycles. The highest BCUT2D eigenvalue weighted by molar-refractivity contribution is 5.83. The van der Waals surface area contributed by atoms with Gasteiger partial charge in [0.05, 0.1) is 0 Å². The van der Waals surface area contributed by atoms with Gasteiger partial charge in [0.15, 0.2) is 0 Å². The Morgan fingerprint density at radius 2 is 1.65 bits per heavy atom. The summed E-state index contributed by atoms with van der Waals surface area (Å²) in [4.78, 5) is 34.2. The summed E-state index contributed by atoms with van der Waals surface area (Å²) in [7, 11) is 0. The summed E-state index contributed by atoms with van der Waals surface area (Å²) in [6.07, 6.45) is -3.60. The molecular weight excluding hydrogens is 304 g/mol. The molecule has 8 heteroatoms. The van der Waals surface area contributed by atoms with E-state index >= 15 is 0 Å². The highest BCUT2D eigenvalue weighted by Crippen LogP contribution is 2.06. The summed E-state index contributed by atoms with van der Waals surface area (Å²) in [6, 6.07) is 8.87. The normalized spacial score (nSPS) is 12.0. The third-order valence-electron chi connectivity index (χ3n) is 2.38. The summed E-state index contributed by atoms with van der Waals surface area (Å²) >= 11 is 0. The number of benzene rings is 1. The lowest BCUT2D eigenvalue weighted by Crippen LogP contribution is -2.53. The second-order valence-electron chi connectivity index (χ2n) is 5.62. The molecule has 0 radical (unpaired) electrons. The number of nitrogens with one attached hydrogen (secondary N) is 2. The van der Waals surface area contributed by atoms with E-state index < -0.39 is 29.9 Å². The van der Waals surface area contributed by atoms with Gasteiger partial charge in [-0.15, -0.1) is 0 Å². The topological polar surface area (TPSA) is 114 Å². The van der Waals surface area contributed by atoms with E-state index in [0.717, 1.165) is 5.56 Å². The zero-order valence-electron chi connectivity index (χ0n) is 13.2. The van der Waals surface area contributed by atoms with Gasteiger partial charge in [-0.3, -0.25) is 10.6 Å². The Morgan fingerprint density at radius 3 is 2.17 bits per heavy atom. The number of rotatable bonds is 5. The van der Waals surface area contributed by atoms with Crippen molar-refractivity contribution < 1.29 is 29.0 Å². The SMILES string of the molecule is CC(C)(C)OC(=O)N[C@@H](NC(=O)OCc1ccccc1)C(=O)O. The molecule has 0 aliphatic heterocycles. The first-order valence-electron chi connectivity index (χ1n) is 6.87.